The lowest BCUT2D eigenvalue weighted by Crippen LogP contribution is -2.31. The number of ether oxygens (including phenoxy) is 3. The largest absolute Gasteiger partial charge is 0.481 e. The highest BCUT2D eigenvalue weighted by atomic mass is 19.4. The standard InChI is InChI=1S/C28H36N4O4.C24H28N4O4.C2HF3O/c1-28(2,3)36-26(33)18-24(21-12-14-25(35-4)29-19-21)32-17-16-31(27(32)34)15-7-9-22-13-11-20-8-5-6-10-23(20)30-22;1-32-22-11-9-18(16-25-22)21(15-23(29)30)28-14-13-27(24(28)31)12-4-6-19-10-8-17-5-2-3-7-20(17)26-19;3-2(4,5)1-6/h11-14,16-17,19,24H,5-10,15,18H2,1-4H3;8-11,13-14,16,21H,2-7,12,15H2,1H3,(H,29,30);1H/t24-;21-;/m00./s1. The van der Waals surface area contributed by atoms with Gasteiger partial charge in [0.15, 0.2) is 0 Å². The van der Waals surface area contributed by atoms with E-state index in [0.29, 0.717) is 30.4 Å². The van der Waals surface area contributed by atoms with Crippen molar-refractivity contribution in [2.24, 2.45) is 0 Å². The van der Waals surface area contributed by atoms with Crippen LogP contribution >= 0.6 is 0 Å². The van der Waals surface area contributed by atoms with Gasteiger partial charge in [-0.15, -0.1) is 0 Å². The number of aldehydes is 1. The van der Waals surface area contributed by atoms with Gasteiger partial charge in [-0.25, -0.2) is 19.6 Å². The number of fused-ring (bicyclic) bond motifs is 2. The number of nitrogens with zero attached hydrogens (tertiary/aromatic N) is 8. The maximum Gasteiger partial charge on any atom is 0.446 e. The number of hydrogen-bond donors (Lipinski definition) is 1. The van der Waals surface area contributed by atoms with Gasteiger partial charge in [0, 0.05) is 85.2 Å². The minimum Gasteiger partial charge on any atom is -0.481 e. The molecular weight excluding hydrogens is 962 g/mol. The van der Waals surface area contributed by atoms with E-state index in [1.165, 1.54) is 59.9 Å². The van der Waals surface area contributed by atoms with E-state index in [4.69, 9.17) is 29.0 Å². The highest BCUT2D eigenvalue weighted by molar-refractivity contribution is 5.71. The fourth-order valence-corrected chi connectivity index (χ4v) is 8.94. The molecular formula is C54H65F3N8O9. The van der Waals surface area contributed by atoms with Gasteiger partial charge in [-0.1, -0.05) is 24.3 Å². The van der Waals surface area contributed by atoms with Crippen molar-refractivity contribution in [1.29, 1.82) is 0 Å². The summed E-state index contributed by atoms with van der Waals surface area (Å²) in [5, 5.41) is 9.38. The number of halogens is 3. The predicted molar refractivity (Wildman–Crippen MR) is 268 cm³/mol. The number of pyridine rings is 4. The van der Waals surface area contributed by atoms with E-state index >= 15 is 0 Å². The number of carboxylic acids is 1. The van der Waals surface area contributed by atoms with Gasteiger partial charge in [0.1, 0.15) is 5.60 Å². The lowest BCUT2D eigenvalue weighted by atomic mass is 9.95. The van der Waals surface area contributed by atoms with Crippen molar-refractivity contribution in [3.8, 4) is 11.8 Å². The molecule has 0 amide bonds. The minimum absolute atomic E-state index is 0.0221. The van der Waals surface area contributed by atoms with Crippen LogP contribution < -0.4 is 20.9 Å². The van der Waals surface area contributed by atoms with Crippen molar-refractivity contribution in [3.63, 3.8) is 0 Å². The van der Waals surface area contributed by atoms with E-state index in [1.54, 1.807) is 76.2 Å². The zero-order valence-electron chi connectivity index (χ0n) is 42.6. The average molecular weight is 1030 g/mol. The first-order chi connectivity index (χ1) is 35.3. The Morgan fingerprint density at radius 3 is 1.47 bits per heavy atom. The summed E-state index contributed by atoms with van der Waals surface area (Å²) in [6.45, 7) is 6.61. The number of carbonyl (C=O) groups is 3. The van der Waals surface area contributed by atoms with E-state index in [1.807, 2.05) is 26.8 Å². The zero-order valence-corrected chi connectivity index (χ0v) is 42.6. The Bertz CT molecular complexity index is 2920. The number of aliphatic carboxylic acids is 1. The van der Waals surface area contributed by atoms with Crippen LogP contribution in [0.5, 0.6) is 11.8 Å². The number of esters is 1. The first-order valence-electron chi connectivity index (χ1n) is 24.8. The number of aryl methyl sites for hydroxylation is 8. The predicted octanol–water partition coefficient (Wildman–Crippen LogP) is 8.05. The third-order valence-electron chi connectivity index (χ3n) is 12.5. The van der Waals surface area contributed by atoms with Gasteiger partial charge < -0.3 is 19.3 Å². The van der Waals surface area contributed by atoms with Gasteiger partial charge in [0.05, 0.1) is 39.1 Å². The Balaban J connectivity index is 0.000000218. The number of carboxylic acid groups (broad SMARTS) is 1. The Kier molecular flexibility index (Phi) is 19.7. The molecule has 17 nitrogen and oxygen atoms in total. The molecule has 74 heavy (non-hydrogen) atoms. The van der Waals surface area contributed by atoms with Crippen LogP contribution in [-0.4, -0.2) is 87.5 Å². The van der Waals surface area contributed by atoms with Crippen LogP contribution in [0.1, 0.15) is 129 Å². The molecule has 20 heteroatoms. The fraction of sp³-hybridized carbons (Fsp3) is 0.463. The van der Waals surface area contributed by atoms with Crippen LogP contribution in [0.25, 0.3) is 0 Å². The van der Waals surface area contributed by atoms with E-state index in [2.05, 4.69) is 34.2 Å². The molecule has 2 aliphatic rings. The average Bonchev–Trinajstić information content (AvgIpc) is 3.94. The molecule has 0 aliphatic heterocycles. The zero-order chi connectivity index (χ0) is 53.4. The fourth-order valence-electron chi connectivity index (χ4n) is 8.94. The molecule has 0 radical (unpaired) electrons. The van der Waals surface area contributed by atoms with Gasteiger partial charge in [-0.2, -0.15) is 13.2 Å². The molecule has 6 aromatic heterocycles. The quantitative estimate of drug-likeness (QED) is 0.0640. The smallest absolute Gasteiger partial charge is 0.446 e. The van der Waals surface area contributed by atoms with Crippen molar-refractivity contribution in [2.75, 3.05) is 14.2 Å². The normalized spacial score (nSPS) is 13.9. The number of imidazole rings is 2. The monoisotopic (exact) mass is 1030 g/mol. The summed E-state index contributed by atoms with van der Waals surface area (Å²) in [4.78, 5) is 77.3. The number of aromatic nitrogens is 8. The van der Waals surface area contributed by atoms with Crippen molar-refractivity contribution >= 4 is 18.2 Å². The number of hydrogen-bond acceptors (Lipinski definition) is 12. The number of rotatable bonds is 18. The van der Waals surface area contributed by atoms with Crippen molar-refractivity contribution in [1.82, 2.24) is 38.2 Å². The third kappa shape index (κ3) is 16.3. The molecule has 6 aromatic rings. The lowest BCUT2D eigenvalue weighted by Gasteiger charge is -2.23. The summed E-state index contributed by atoms with van der Waals surface area (Å²) in [5.74, 6) is -0.454. The van der Waals surface area contributed by atoms with Crippen LogP contribution in [0, 0.1) is 0 Å². The molecule has 0 aromatic carbocycles. The Hall–Kier alpha value is -7.38. The van der Waals surface area contributed by atoms with E-state index in [0.717, 1.165) is 68.3 Å². The molecule has 0 bridgehead atoms. The molecule has 0 saturated carbocycles. The second kappa shape index (κ2) is 26.0. The summed E-state index contributed by atoms with van der Waals surface area (Å²) in [6, 6.07) is 14.4. The maximum atomic E-state index is 13.3. The Morgan fingerprint density at radius 2 is 1.09 bits per heavy atom. The van der Waals surface area contributed by atoms with Gasteiger partial charge in [-0.3, -0.25) is 42.6 Å². The lowest BCUT2D eigenvalue weighted by molar-refractivity contribution is -0.156. The van der Waals surface area contributed by atoms with Crippen LogP contribution in [0.3, 0.4) is 0 Å². The van der Waals surface area contributed by atoms with Crippen LogP contribution in [0.2, 0.25) is 0 Å². The Labute approximate surface area is 427 Å². The van der Waals surface area contributed by atoms with E-state index in [9.17, 15) is 37.5 Å². The van der Waals surface area contributed by atoms with Gasteiger partial charge >= 0.3 is 29.5 Å². The van der Waals surface area contributed by atoms with E-state index < -0.39 is 36.1 Å². The topological polar surface area (TPSA) is 205 Å². The number of methoxy groups -OCH3 is 2. The molecule has 2 aliphatic carbocycles. The molecule has 8 rings (SSSR count). The molecule has 0 unspecified atom stereocenters. The molecule has 0 fully saturated rings. The molecule has 0 saturated heterocycles. The van der Waals surface area contributed by atoms with Crippen molar-refractivity contribution < 1.29 is 46.9 Å². The molecule has 396 valence electrons. The molecule has 0 spiro atoms. The highest BCUT2D eigenvalue weighted by Crippen LogP contribution is 2.26. The number of alkyl halides is 3. The molecule has 6 heterocycles. The number of carbonyl (C=O) groups excluding carboxylic acids is 2. The van der Waals surface area contributed by atoms with Crippen LogP contribution in [-0.2, 0) is 70.7 Å². The summed E-state index contributed by atoms with van der Waals surface area (Å²) in [7, 11) is 3.06. The molecule has 2 atom stereocenters. The first-order valence-corrected chi connectivity index (χ1v) is 24.8. The van der Waals surface area contributed by atoms with Gasteiger partial charge in [-0.05, 0) is 132 Å². The molecule has 1 N–H and O–H groups in total. The highest BCUT2D eigenvalue weighted by Gasteiger charge is 2.27. The maximum absolute atomic E-state index is 13.3. The SMILES string of the molecule is COc1ccc([C@H](CC(=O)O)n2ccn(CCCc3ccc4c(n3)CCCC4)c2=O)cn1.COc1ccc([C@H](CC(=O)OC(C)(C)C)n2ccn(CCCc3ccc4c(n3)CCCC4)c2=O)cn1.O=CC(F)(F)F. The van der Waals surface area contributed by atoms with Crippen LogP contribution in [0.15, 0.2) is 95.3 Å². The second-order valence-electron chi connectivity index (χ2n) is 19.1. The summed E-state index contributed by atoms with van der Waals surface area (Å²) < 4.78 is 53.4. The first kappa shape index (κ1) is 55.9. The van der Waals surface area contributed by atoms with Gasteiger partial charge in [0.25, 0.3) is 0 Å². The van der Waals surface area contributed by atoms with Crippen molar-refractivity contribution in [3.05, 3.63) is 152 Å². The van der Waals surface area contributed by atoms with Gasteiger partial charge in [0.2, 0.25) is 18.0 Å². The summed E-state index contributed by atoms with van der Waals surface area (Å²) in [5.41, 5.74) is 7.72. The summed E-state index contributed by atoms with van der Waals surface area (Å²) in [6.07, 6.45) is 16.6. The van der Waals surface area contributed by atoms with Crippen molar-refractivity contribution in [2.45, 2.75) is 148 Å². The van der Waals surface area contributed by atoms with E-state index in [-0.39, 0.29) is 30.2 Å². The Morgan fingerprint density at radius 1 is 0.662 bits per heavy atom. The summed E-state index contributed by atoms with van der Waals surface area (Å²) >= 11 is 0. The minimum atomic E-state index is -4.64. The second-order valence-corrected chi connectivity index (χ2v) is 19.1. The third-order valence-corrected chi connectivity index (χ3v) is 12.5. The van der Waals surface area contributed by atoms with Crippen LogP contribution in [0.4, 0.5) is 13.2 Å².